The molecule has 0 radical (unpaired) electrons. The fourth-order valence-electron chi connectivity index (χ4n) is 2.57. The first-order chi connectivity index (χ1) is 10.8. The zero-order chi connectivity index (χ0) is 17.3. The predicted octanol–water partition coefficient (Wildman–Crippen LogP) is -5.40. The third kappa shape index (κ3) is 3.65. The van der Waals surface area contributed by atoms with Crippen LogP contribution in [0.2, 0.25) is 0 Å². The lowest BCUT2D eigenvalue weighted by Crippen LogP contribution is -2.64. The van der Waals surface area contributed by atoms with E-state index in [-0.39, 0.29) is 0 Å². The predicted molar refractivity (Wildman–Crippen MR) is 68.6 cm³/mol. The van der Waals surface area contributed by atoms with E-state index in [9.17, 15) is 35.7 Å². The minimum atomic E-state index is -1.74. The van der Waals surface area contributed by atoms with E-state index in [4.69, 9.17) is 19.3 Å². The Labute approximate surface area is 130 Å². The van der Waals surface area contributed by atoms with Gasteiger partial charge in [-0.05, 0) is 0 Å². The van der Waals surface area contributed by atoms with Crippen LogP contribution in [-0.2, 0) is 14.2 Å². The van der Waals surface area contributed by atoms with Crippen molar-refractivity contribution in [1.82, 2.24) is 0 Å². The van der Waals surface area contributed by atoms with Crippen molar-refractivity contribution in [2.75, 3.05) is 13.2 Å². The Morgan fingerprint density at radius 2 is 1.26 bits per heavy atom. The van der Waals surface area contributed by atoms with E-state index in [0.717, 1.165) is 0 Å². The standard InChI is InChI=1S/C12H22O11/c13-1-3-5(15)6(16)9(19)12(22-3)23-10-4(2-14)21-11(20)8(18)7(10)17/h3-20H,1-2H2/t3?,4?,5-,6?,7?,8?,9?,10-,11-,12+/m1/s1. The first-order valence-electron chi connectivity index (χ1n) is 7.08. The highest BCUT2D eigenvalue weighted by atomic mass is 16.7. The topological polar surface area (TPSA) is 190 Å². The lowest BCUT2D eigenvalue weighted by Gasteiger charge is -2.45. The third-order valence-electron chi connectivity index (χ3n) is 3.98. The minimum Gasteiger partial charge on any atom is -0.394 e. The number of ether oxygens (including phenoxy) is 3. The minimum absolute atomic E-state index is 0.667. The van der Waals surface area contributed by atoms with E-state index in [2.05, 4.69) is 0 Å². The Kier molecular flexibility index (Phi) is 6.27. The molecule has 0 aromatic carbocycles. The maximum Gasteiger partial charge on any atom is 0.187 e. The molecule has 0 amide bonds. The Morgan fingerprint density at radius 1 is 0.652 bits per heavy atom. The average molecular weight is 342 g/mol. The Bertz CT molecular complexity index is 378. The maximum atomic E-state index is 9.94. The van der Waals surface area contributed by atoms with Crippen LogP contribution in [0.4, 0.5) is 0 Å². The van der Waals surface area contributed by atoms with Crippen molar-refractivity contribution in [1.29, 1.82) is 0 Å². The fraction of sp³-hybridized carbons (Fsp3) is 1.00. The van der Waals surface area contributed by atoms with Gasteiger partial charge >= 0.3 is 0 Å². The van der Waals surface area contributed by atoms with Gasteiger partial charge in [0, 0.05) is 0 Å². The summed E-state index contributed by atoms with van der Waals surface area (Å²) in [6.45, 7) is -1.35. The first-order valence-corrected chi connectivity index (χ1v) is 7.08. The number of hydrogen-bond acceptors (Lipinski definition) is 11. The highest BCUT2D eigenvalue weighted by molar-refractivity contribution is 4.93. The summed E-state index contributed by atoms with van der Waals surface area (Å²) < 4.78 is 15.3. The van der Waals surface area contributed by atoms with E-state index >= 15 is 0 Å². The molecule has 6 unspecified atom stereocenters. The largest absolute Gasteiger partial charge is 0.394 e. The lowest BCUT2D eigenvalue weighted by molar-refractivity contribution is -0.355. The quantitative estimate of drug-likeness (QED) is 0.243. The van der Waals surface area contributed by atoms with Gasteiger partial charge in [0.1, 0.15) is 48.8 Å². The Hall–Kier alpha value is -0.440. The Balaban J connectivity index is 2.11. The molecule has 0 aliphatic carbocycles. The molecular weight excluding hydrogens is 320 g/mol. The van der Waals surface area contributed by atoms with E-state index in [0.29, 0.717) is 0 Å². The number of aliphatic hydroxyl groups is 8. The van der Waals surface area contributed by atoms with Crippen molar-refractivity contribution >= 4 is 0 Å². The summed E-state index contributed by atoms with van der Waals surface area (Å²) in [7, 11) is 0. The van der Waals surface area contributed by atoms with Gasteiger partial charge in [0.25, 0.3) is 0 Å². The van der Waals surface area contributed by atoms with Gasteiger partial charge in [0.15, 0.2) is 12.6 Å². The monoisotopic (exact) mass is 342 g/mol. The van der Waals surface area contributed by atoms with Crippen molar-refractivity contribution in [3.63, 3.8) is 0 Å². The summed E-state index contributed by atoms with van der Waals surface area (Å²) in [6.07, 6.45) is -15.6. The third-order valence-corrected chi connectivity index (χ3v) is 3.98. The smallest absolute Gasteiger partial charge is 0.187 e. The molecule has 2 fully saturated rings. The SMILES string of the molecule is OCC1O[C@@H](O[C@@H]2C(CO)O[C@@H](O)C(O)C2O)C(O)C(O)[C@@H]1O. The fourth-order valence-corrected chi connectivity index (χ4v) is 2.57. The molecule has 2 heterocycles. The van der Waals surface area contributed by atoms with Crippen LogP contribution in [0.25, 0.3) is 0 Å². The molecular formula is C12H22O11. The summed E-state index contributed by atoms with van der Waals surface area (Å²) in [6, 6.07) is 0. The summed E-state index contributed by atoms with van der Waals surface area (Å²) in [4.78, 5) is 0. The van der Waals surface area contributed by atoms with Crippen molar-refractivity contribution in [2.45, 2.75) is 61.4 Å². The average Bonchev–Trinajstić information content (AvgIpc) is 2.55. The second-order valence-corrected chi connectivity index (χ2v) is 5.53. The normalized spacial score (nSPS) is 51.7. The number of rotatable bonds is 4. The number of hydrogen-bond donors (Lipinski definition) is 8. The summed E-state index contributed by atoms with van der Waals surface area (Å²) in [5.74, 6) is 0. The molecule has 8 N–H and O–H groups in total. The van der Waals surface area contributed by atoms with E-state index in [1.807, 2.05) is 0 Å². The van der Waals surface area contributed by atoms with E-state index < -0.39 is 74.6 Å². The highest BCUT2D eigenvalue weighted by Gasteiger charge is 2.50. The van der Waals surface area contributed by atoms with Crippen molar-refractivity contribution in [3.05, 3.63) is 0 Å². The maximum absolute atomic E-state index is 9.94. The lowest BCUT2D eigenvalue weighted by atomic mass is 9.97. The first kappa shape index (κ1) is 18.9. The summed E-state index contributed by atoms with van der Waals surface area (Å²) >= 11 is 0. The van der Waals surface area contributed by atoms with Crippen molar-refractivity contribution in [2.24, 2.45) is 0 Å². The summed E-state index contributed by atoms with van der Waals surface area (Å²) in [5, 5.41) is 76.5. The molecule has 10 atom stereocenters. The van der Waals surface area contributed by atoms with Gasteiger partial charge in [0.2, 0.25) is 0 Å². The second kappa shape index (κ2) is 7.63. The van der Waals surface area contributed by atoms with Gasteiger partial charge in [-0.15, -0.1) is 0 Å². The van der Waals surface area contributed by atoms with Crippen LogP contribution in [0, 0.1) is 0 Å². The zero-order valence-corrected chi connectivity index (χ0v) is 12.0. The molecule has 0 aromatic heterocycles. The molecule has 2 aliphatic rings. The van der Waals surface area contributed by atoms with Crippen LogP contribution in [0.15, 0.2) is 0 Å². The zero-order valence-electron chi connectivity index (χ0n) is 12.0. The van der Waals surface area contributed by atoms with Gasteiger partial charge in [-0.3, -0.25) is 0 Å². The van der Waals surface area contributed by atoms with E-state index in [1.54, 1.807) is 0 Å². The molecule has 136 valence electrons. The molecule has 0 saturated carbocycles. The van der Waals surface area contributed by atoms with Crippen LogP contribution < -0.4 is 0 Å². The molecule has 23 heavy (non-hydrogen) atoms. The molecule has 11 nitrogen and oxygen atoms in total. The van der Waals surface area contributed by atoms with Gasteiger partial charge in [-0.2, -0.15) is 0 Å². The van der Waals surface area contributed by atoms with Crippen LogP contribution in [-0.4, -0.2) is 115 Å². The number of aliphatic hydroxyl groups excluding tert-OH is 8. The molecule has 0 aromatic rings. The van der Waals surface area contributed by atoms with Crippen LogP contribution in [0.5, 0.6) is 0 Å². The molecule has 0 spiro atoms. The molecule has 11 heteroatoms. The van der Waals surface area contributed by atoms with Crippen LogP contribution in [0.3, 0.4) is 0 Å². The molecule has 2 aliphatic heterocycles. The molecule has 0 bridgehead atoms. The molecule has 2 saturated heterocycles. The summed E-state index contributed by atoms with van der Waals surface area (Å²) in [5.41, 5.74) is 0. The molecule has 2 rings (SSSR count). The van der Waals surface area contributed by atoms with Crippen LogP contribution >= 0.6 is 0 Å². The van der Waals surface area contributed by atoms with Gasteiger partial charge in [-0.1, -0.05) is 0 Å². The van der Waals surface area contributed by atoms with E-state index in [1.165, 1.54) is 0 Å². The highest BCUT2D eigenvalue weighted by Crippen LogP contribution is 2.28. The van der Waals surface area contributed by atoms with Crippen molar-refractivity contribution in [3.8, 4) is 0 Å². The van der Waals surface area contributed by atoms with Gasteiger partial charge < -0.3 is 55.1 Å². The Morgan fingerprint density at radius 3 is 1.83 bits per heavy atom. The van der Waals surface area contributed by atoms with Gasteiger partial charge in [0.05, 0.1) is 13.2 Å². The second-order valence-electron chi connectivity index (χ2n) is 5.53. The van der Waals surface area contributed by atoms with Crippen molar-refractivity contribution < 1.29 is 55.1 Å². The van der Waals surface area contributed by atoms with Crippen LogP contribution in [0.1, 0.15) is 0 Å². The van der Waals surface area contributed by atoms with Gasteiger partial charge in [-0.25, -0.2) is 0 Å².